The highest BCUT2D eigenvalue weighted by Crippen LogP contribution is 2.16. The molecule has 0 aliphatic heterocycles. The Morgan fingerprint density at radius 3 is 2.21 bits per heavy atom. The number of anilines is 1. The zero-order valence-corrected chi connectivity index (χ0v) is 17.1. The van der Waals surface area contributed by atoms with Gasteiger partial charge in [-0.2, -0.15) is 0 Å². The molecule has 3 N–H and O–H groups in total. The highest BCUT2D eigenvalue weighted by Gasteiger charge is 2.29. The number of halogens is 1. The molecule has 2 atom stereocenters. The van der Waals surface area contributed by atoms with Crippen LogP contribution in [0.3, 0.4) is 0 Å². The van der Waals surface area contributed by atoms with Crippen molar-refractivity contribution in [2.75, 3.05) is 24.3 Å². The minimum Gasteiger partial charge on any atom is -0.396 e. The lowest BCUT2D eigenvalue weighted by Gasteiger charge is -2.21. The summed E-state index contributed by atoms with van der Waals surface area (Å²) in [6, 6.07) is 16.8. The van der Waals surface area contributed by atoms with E-state index < -0.39 is 18.4 Å². The smallest absolute Gasteiger partial charge is 0.228 e. The summed E-state index contributed by atoms with van der Waals surface area (Å²) in [5.41, 5.74) is 2.36. The summed E-state index contributed by atoms with van der Waals surface area (Å²) in [5.74, 6) is 4.39. The molecule has 0 saturated heterocycles. The van der Waals surface area contributed by atoms with Gasteiger partial charge in [0.25, 0.3) is 0 Å². The third-order valence-electron chi connectivity index (χ3n) is 4.44. The van der Waals surface area contributed by atoms with Crippen LogP contribution < -0.4 is 10.6 Å². The number of benzene rings is 2. The van der Waals surface area contributed by atoms with E-state index in [9.17, 15) is 14.7 Å². The van der Waals surface area contributed by atoms with Gasteiger partial charge in [-0.25, -0.2) is 0 Å². The van der Waals surface area contributed by atoms with Crippen molar-refractivity contribution in [3.8, 4) is 11.8 Å². The fourth-order valence-corrected chi connectivity index (χ4v) is 2.75. The highest BCUT2D eigenvalue weighted by atomic mass is 35.5. The van der Waals surface area contributed by atoms with E-state index in [1.807, 2.05) is 42.5 Å². The fraction of sp³-hybridized carbons (Fsp3) is 0.304. The number of carbonyl (C=O) groups excluding carboxylic acids is 2. The van der Waals surface area contributed by atoms with Gasteiger partial charge < -0.3 is 15.7 Å². The number of amides is 2. The summed E-state index contributed by atoms with van der Waals surface area (Å²) in [4.78, 5) is 24.7. The predicted octanol–water partition coefficient (Wildman–Crippen LogP) is 3.01. The summed E-state index contributed by atoms with van der Waals surface area (Å²) in [5, 5.41) is 15.0. The maximum Gasteiger partial charge on any atom is 0.228 e. The van der Waals surface area contributed by atoms with Crippen LogP contribution >= 0.6 is 11.6 Å². The Morgan fingerprint density at radius 1 is 1.00 bits per heavy atom. The Balaban J connectivity index is 1.95. The summed E-state index contributed by atoms with van der Waals surface area (Å²) in [6.45, 7) is 1.63. The maximum absolute atomic E-state index is 12.5. The van der Waals surface area contributed by atoms with Gasteiger partial charge in [-0.1, -0.05) is 37.0 Å². The molecule has 0 radical (unpaired) electrons. The second kappa shape index (κ2) is 11.9. The van der Waals surface area contributed by atoms with E-state index >= 15 is 0 Å². The van der Waals surface area contributed by atoms with Crippen LogP contribution in [0.15, 0.2) is 54.6 Å². The number of rotatable bonds is 8. The van der Waals surface area contributed by atoms with Gasteiger partial charge in [0.05, 0.1) is 12.5 Å². The average Bonchev–Trinajstić information content (AvgIpc) is 2.74. The van der Waals surface area contributed by atoms with E-state index in [0.717, 1.165) is 11.1 Å². The molecule has 2 aromatic rings. The second-order valence-electron chi connectivity index (χ2n) is 6.59. The van der Waals surface area contributed by atoms with E-state index in [0.29, 0.717) is 24.5 Å². The molecule has 0 unspecified atom stereocenters. The summed E-state index contributed by atoms with van der Waals surface area (Å²) in [7, 11) is 0. The first-order valence-electron chi connectivity index (χ1n) is 9.47. The lowest BCUT2D eigenvalue weighted by Crippen LogP contribution is -2.41. The Labute approximate surface area is 176 Å². The number of alkyl halides is 1. The molecule has 6 heteroatoms. The number of nitrogens with one attached hydrogen (secondary N) is 2. The van der Waals surface area contributed by atoms with Crippen molar-refractivity contribution in [1.82, 2.24) is 5.32 Å². The lowest BCUT2D eigenvalue weighted by molar-refractivity contribution is -0.133. The number of aliphatic hydroxyl groups is 1. The molecular weight excluding hydrogens is 388 g/mol. The molecule has 5 nitrogen and oxygen atoms in total. The molecular formula is C23H25ClN2O3. The van der Waals surface area contributed by atoms with Gasteiger partial charge in [-0.15, -0.1) is 11.6 Å². The third kappa shape index (κ3) is 7.26. The van der Waals surface area contributed by atoms with Gasteiger partial charge in [-0.05, 0) is 42.8 Å². The molecule has 2 amide bonds. The first-order valence-corrected chi connectivity index (χ1v) is 10.0. The molecule has 0 aliphatic rings. The molecule has 0 spiro atoms. The van der Waals surface area contributed by atoms with Crippen LogP contribution in [0.1, 0.15) is 24.5 Å². The number of hydrogen-bond donors (Lipinski definition) is 3. The molecule has 0 saturated carbocycles. The third-order valence-corrected chi connectivity index (χ3v) is 4.70. The Kier molecular flexibility index (Phi) is 9.23. The fourth-order valence-electron chi connectivity index (χ4n) is 2.62. The largest absolute Gasteiger partial charge is 0.396 e. The van der Waals surface area contributed by atoms with Crippen LogP contribution in [0.2, 0.25) is 0 Å². The van der Waals surface area contributed by atoms with Crippen LogP contribution in [0.5, 0.6) is 0 Å². The minimum atomic E-state index is -0.818. The predicted molar refractivity (Wildman–Crippen MR) is 116 cm³/mol. The quantitative estimate of drug-likeness (QED) is 0.354. The highest BCUT2D eigenvalue weighted by molar-refractivity contribution is 6.17. The molecule has 0 bridgehead atoms. The van der Waals surface area contributed by atoms with E-state index in [-0.39, 0.29) is 11.8 Å². The SMILES string of the molecule is C[C@@H](C(=O)Nc1ccc(C#Cc2ccccc2)cc1)[C@@H](CO)C(=O)NCCCCl. The molecule has 29 heavy (non-hydrogen) atoms. The molecule has 0 heterocycles. The van der Waals surface area contributed by atoms with Gasteiger partial charge >= 0.3 is 0 Å². The standard InChI is InChI=1S/C23H25ClN2O3/c1-17(21(16-27)23(29)25-15-5-14-24)22(28)26-20-12-10-19(11-13-20)9-8-18-6-3-2-4-7-18/h2-4,6-7,10-13,17,21,27H,5,14-16H2,1H3,(H,25,29)(H,26,28)/t17-,21-/m1/s1. The van der Waals surface area contributed by atoms with E-state index in [2.05, 4.69) is 22.5 Å². The van der Waals surface area contributed by atoms with E-state index in [1.165, 1.54) is 0 Å². The van der Waals surface area contributed by atoms with Crippen molar-refractivity contribution in [2.24, 2.45) is 11.8 Å². The average molecular weight is 413 g/mol. The number of aliphatic hydroxyl groups excluding tert-OH is 1. The summed E-state index contributed by atoms with van der Waals surface area (Å²) < 4.78 is 0. The van der Waals surface area contributed by atoms with Gasteiger partial charge in [0.2, 0.25) is 11.8 Å². The van der Waals surface area contributed by atoms with Crippen LogP contribution in [0.25, 0.3) is 0 Å². The Hall–Kier alpha value is -2.81. The van der Waals surface area contributed by atoms with Crippen LogP contribution in [-0.2, 0) is 9.59 Å². The zero-order chi connectivity index (χ0) is 21.1. The van der Waals surface area contributed by atoms with Crippen LogP contribution in [0, 0.1) is 23.7 Å². The summed E-state index contributed by atoms with van der Waals surface area (Å²) in [6.07, 6.45) is 0.630. The van der Waals surface area contributed by atoms with Crippen molar-refractivity contribution in [1.29, 1.82) is 0 Å². The minimum absolute atomic E-state index is 0.334. The molecule has 2 rings (SSSR count). The van der Waals surface area contributed by atoms with Crippen LogP contribution in [0.4, 0.5) is 5.69 Å². The zero-order valence-electron chi connectivity index (χ0n) is 16.3. The Bertz CT molecular complexity index is 857. The first-order chi connectivity index (χ1) is 14.0. The van der Waals surface area contributed by atoms with Crippen molar-refractivity contribution >= 4 is 29.1 Å². The topological polar surface area (TPSA) is 78.4 Å². The normalized spacial score (nSPS) is 12.2. The van der Waals surface area contributed by atoms with Gasteiger partial charge in [0.15, 0.2) is 0 Å². The van der Waals surface area contributed by atoms with Crippen molar-refractivity contribution in [2.45, 2.75) is 13.3 Å². The molecule has 152 valence electrons. The van der Waals surface area contributed by atoms with Crippen molar-refractivity contribution < 1.29 is 14.7 Å². The van der Waals surface area contributed by atoms with E-state index in [4.69, 9.17) is 11.6 Å². The molecule has 0 fully saturated rings. The maximum atomic E-state index is 12.5. The summed E-state index contributed by atoms with van der Waals surface area (Å²) >= 11 is 5.59. The van der Waals surface area contributed by atoms with Gasteiger partial charge in [0.1, 0.15) is 0 Å². The van der Waals surface area contributed by atoms with Crippen molar-refractivity contribution in [3.05, 3.63) is 65.7 Å². The van der Waals surface area contributed by atoms with E-state index in [1.54, 1.807) is 19.1 Å². The monoisotopic (exact) mass is 412 g/mol. The number of hydrogen-bond acceptors (Lipinski definition) is 3. The van der Waals surface area contributed by atoms with Crippen LogP contribution in [-0.4, -0.2) is 36.0 Å². The lowest BCUT2D eigenvalue weighted by atomic mass is 9.93. The van der Waals surface area contributed by atoms with Gasteiger partial charge in [-0.3, -0.25) is 9.59 Å². The number of carbonyl (C=O) groups is 2. The Morgan fingerprint density at radius 2 is 1.62 bits per heavy atom. The molecule has 0 aliphatic carbocycles. The molecule has 2 aromatic carbocycles. The molecule has 0 aromatic heterocycles. The second-order valence-corrected chi connectivity index (χ2v) is 6.97. The van der Waals surface area contributed by atoms with Crippen molar-refractivity contribution in [3.63, 3.8) is 0 Å². The van der Waals surface area contributed by atoms with Gasteiger partial charge in [0, 0.05) is 35.2 Å². The first kappa shape index (κ1) is 22.5.